The van der Waals surface area contributed by atoms with Gasteiger partial charge in [0.15, 0.2) is 17.3 Å². The van der Waals surface area contributed by atoms with Gasteiger partial charge in [-0.3, -0.25) is 4.79 Å². The molecule has 0 unspecified atom stereocenters. The second kappa shape index (κ2) is 11.7. The van der Waals surface area contributed by atoms with Crippen LogP contribution >= 0.6 is 22.6 Å². The fourth-order valence-electron chi connectivity index (χ4n) is 5.30. The summed E-state index contributed by atoms with van der Waals surface area (Å²) in [6.45, 7) is 5.18. The third-order valence-corrected chi connectivity index (χ3v) is 7.90. The van der Waals surface area contributed by atoms with Crippen LogP contribution < -0.4 is 15.2 Å². The number of Topliss-reactive ketones (excluding diaryl/α,β-unsaturated/α-hetero) is 1. The fraction of sp³-hybridized carbons (Fsp3) is 0.367. The molecular formula is C30H31IN4O4. The Balaban J connectivity index is 1.81. The second-order valence-corrected chi connectivity index (χ2v) is 11.5. The molecule has 39 heavy (non-hydrogen) atoms. The predicted octanol–water partition coefficient (Wildman–Crippen LogP) is 5.13. The summed E-state index contributed by atoms with van der Waals surface area (Å²) < 4.78 is 17.9. The van der Waals surface area contributed by atoms with Crippen molar-refractivity contribution >= 4 is 28.4 Å². The molecule has 1 aliphatic carbocycles. The summed E-state index contributed by atoms with van der Waals surface area (Å²) >= 11 is 2.17. The van der Waals surface area contributed by atoms with E-state index in [0.717, 1.165) is 20.4 Å². The molecule has 1 aliphatic heterocycles. The van der Waals surface area contributed by atoms with E-state index in [9.17, 15) is 15.3 Å². The lowest BCUT2D eigenvalue weighted by atomic mass is 9.68. The van der Waals surface area contributed by atoms with Crippen LogP contribution in [0, 0.1) is 31.6 Å². The summed E-state index contributed by atoms with van der Waals surface area (Å²) in [7, 11) is 3.16. The number of allylic oxidation sites excluding steroid dienone is 3. The Morgan fingerprint density at radius 2 is 1.90 bits per heavy atom. The zero-order chi connectivity index (χ0) is 28.3. The molecule has 0 saturated heterocycles. The number of carbonyl (C=O) groups is 1. The van der Waals surface area contributed by atoms with Gasteiger partial charge in [-0.15, -0.1) is 0 Å². The third-order valence-electron chi connectivity index (χ3n) is 7.10. The third kappa shape index (κ3) is 5.61. The van der Waals surface area contributed by atoms with Gasteiger partial charge in [0.2, 0.25) is 0 Å². The molecule has 2 aliphatic rings. The first-order chi connectivity index (χ1) is 18.6. The van der Waals surface area contributed by atoms with Crippen molar-refractivity contribution in [1.82, 2.24) is 4.90 Å². The number of benzene rings is 2. The van der Waals surface area contributed by atoms with Crippen molar-refractivity contribution in [1.29, 1.82) is 10.5 Å². The van der Waals surface area contributed by atoms with E-state index in [1.165, 1.54) is 0 Å². The number of ketones is 1. The quantitative estimate of drug-likeness (QED) is 0.395. The first kappa shape index (κ1) is 28.5. The van der Waals surface area contributed by atoms with Gasteiger partial charge >= 0.3 is 0 Å². The number of nitrogens with two attached hydrogens (primary N) is 1. The Kier molecular flexibility index (Phi) is 8.53. The molecule has 2 aromatic rings. The normalized spacial score (nSPS) is 18.4. The summed E-state index contributed by atoms with van der Waals surface area (Å²) in [5.41, 5.74) is 10.2. The number of hydrogen-bond acceptors (Lipinski definition) is 8. The highest BCUT2D eigenvalue weighted by Crippen LogP contribution is 2.50. The van der Waals surface area contributed by atoms with Crippen LogP contribution in [-0.4, -0.2) is 38.1 Å². The van der Waals surface area contributed by atoms with Gasteiger partial charge in [-0.1, -0.05) is 32.0 Å². The second-order valence-electron chi connectivity index (χ2n) is 10.4. The summed E-state index contributed by atoms with van der Waals surface area (Å²) in [5, 5.41) is 19.7. The largest absolute Gasteiger partial charge is 0.493 e. The zero-order valence-corrected chi connectivity index (χ0v) is 24.7. The van der Waals surface area contributed by atoms with E-state index >= 15 is 0 Å². The SMILES string of the molecule is COCCN1C(N)=C(C#N)[C@@H](c2cc(I)c(OCc3ccccc3C#N)c(OC)c2)C2=C1CC(C)(C)CC2=O. The molecule has 4 rings (SSSR count). The maximum absolute atomic E-state index is 13.7. The molecule has 0 aromatic heterocycles. The maximum Gasteiger partial charge on any atom is 0.174 e. The standard InChI is InChI=1S/C30H31IN4O4/c1-30(2)13-23-27(24(36)14-30)26(21(16-33)29(34)35(23)9-10-37-3)20-11-22(31)28(25(12-20)38-4)39-17-19-8-6-5-7-18(19)15-32/h5-8,11-12,26H,9-10,13-14,17,34H2,1-4H3/t26-/m1/s1. The zero-order valence-electron chi connectivity index (χ0n) is 22.5. The minimum Gasteiger partial charge on any atom is -0.493 e. The minimum atomic E-state index is -0.622. The molecule has 0 radical (unpaired) electrons. The minimum absolute atomic E-state index is 0.0105. The van der Waals surface area contributed by atoms with Gasteiger partial charge in [0, 0.05) is 36.9 Å². The highest BCUT2D eigenvalue weighted by Gasteiger charge is 2.44. The summed E-state index contributed by atoms with van der Waals surface area (Å²) in [6.07, 6.45) is 1.04. The Hall–Kier alpha value is -3.54. The molecule has 0 spiro atoms. The molecular weight excluding hydrogens is 607 g/mol. The van der Waals surface area contributed by atoms with Gasteiger partial charge in [-0.05, 0) is 58.2 Å². The van der Waals surface area contributed by atoms with Gasteiger partial charge in [0.25, 0.3) is 0 Å². The van der Waals surface area contributed by atoms with Crippen LogP contribution in [0.5, 0.6) is 11.5 Å². The Morgan fingerprint density at radius 1 is 1.15 bits per heavy atom. The number of rotatable bonds is 8. The summed E-state index contributed by atoms with van der Waals surface area (Å²) in [5.74, 6) is 0.716. The monoisotopic (exact) mass is 638 g/mol. The molecule has 0 amide bonds. The lowest BCUT2D eigenvalue weighted by Crippen LogP contribution is -2.43. The highest BCUT2D eigenvalue weighted by molar-refractivity contribution is 14.1. The van der Waals surface area contributed by atoms with E-state index in [1.54, 1.807) is 20.3 Å². The highest BCUT2D eigenvalue weighted by atomic mass is 127. The van der Waals surface area contributed by atoms with Crippen LogP contribution in [0.3, 0.4) is 0 Å². The fourth-order valence-corrected chi connectivity index (χ4v) is 6.08. The van der Waals surface area contributed by atoms with E-state index in [0.29, 0.717) is 60.0 Å². The van der Waals surface area contributed by atoms with Crippen LogP contribution in [0.15, 0.2) is 59.1 Å². The molecule has 9 heteroatoms. The summed E-state index contributed by atoms with van der Waals surface area (Å²) in [4.78, 5) is 15.5. The lowest BCUT2D eigenvalue weighted by Gasteiger charge is -2.43. The van der Waals surface area contributed by atoms with Crippen molar-refractivity contribution < 1.29 is 19.0 Å². The first-order valence-electron chi connectivity index (χ1n) is 12.6. The molecule has 2 aromatic carbocycles. The average molecular weight is 639 g/mol. The summed E-state index contributed by atoms with van der Waals surface area (Å²) in [6, 6.07) is 15.5. The molecule has 0 bridgehead atoms. The van der Waals surface area contributed by atoms with Gasteiger partial charge in [-0.25, -0.2) is 0 Å². The van der Waals surface area contributed by atoms with E-state index in [-0.39, 0.29) is 17.8 Å². The lowest BCUT2D eigenvalue weighted by molar-refractivity contribution is -0.118. The number of carbonyl (C=O) groups excluding carboxylic acids is 1. The molecule has 0 fully saturated rings. The number of hydrogen-bond donors (Lipinski definition) is 1. The van der Waals surface area contributed by atoms with Crippen molar-refractivity contribution in [2.45, 2.75) is 39.2 Å². The van der Waals surface area contributed by atoms with Gasteiger partial charge < -0.3 is 24.8 Å². The van der Waals surface area contributed by atoms with Crippen molar-refractivity contribution in [2.75, 3.05) is 27.4 Å². The first-order valence-corrected chi connectivity index (χ1v) is 13.6. The molecule has 8 nitrogen and oxygen atoms in total. The molecule has 1 heterocycles. The molecule has 202 valence electrons. The Morgan fingerprint density at radius 3 is 2.56 bits per heavy atom. The van der Waals surface area contributed by atoms with Crippen LogP contribution in [0.2, 0.25) is 0 Å². The number of ether oxygens (including phenoxy) is 3. The Labute approximate surface area is 242 Å². The van der Waals surface area contributed by atoms with Crippen molar-refractivity contribution in [3.8, 4) is 23.6 Å². The number of nitrogens with zero attached hydrogens (tertiary/aromatic N) is 3. The van der Waals surface area contributed by atoms with Crippen LogP contribution in [-0.2, 0) is 16.1 Å². The van der Waals surface area contributed by atoms with Gasteiger partial charge in [-0.2, -0.15) is 10.5 Å². The van der Waals surface area contributed by atoms with Gasteiger partial charge in [0.1, 0.15) is 12.4 Å². The number of halogens is 1. The van der Waals surface area contributed by atoms with Crippen molar-refractivity contribution in [3.05, 3.63) is 79.3 Å². The topological polar surface area (TPSA) is 122 Å². The van der Waals surface area contributed by atoms with Crippen LogP contribution in [0.25, 0.3) is 0 Å². The predicted molar refractivity (Wildman–Crippen MR) is 154 cm³/mol. The van der Waals surface area contributed by atoms with Crippen LogP contribution in [0.1, 0.15) is 49.3 Å². The van der Waals surface area contributed by atoms with E-state index in [2.05, 4.69) is 48.6 Å². The molecule has 0 saturated carbocycles. The average Bonchev–Trinajstić information content (AvgIpc) is 2.90. The smallest absolute Gasteiger partial charge is 0.174 e. The van der Waals surface area contributed by atoms with Gasteiger partial charge in [0.05, 0.1) is 46.5 Å². The Bertz CT molecular complexity index is 1450. The van der Waals surface area contributed by atoms with E-state index in [4.69, 9.17) is 19.9 Å². The number of nitriles is 2. The van der Waals surface area contributed by atoms with E-state index in [1.807, 2.05) is 35.2 Å². The van der Waals surface area contributed by atoms with Crippen molar-refractivity contribution in [3.63, 3.8) is 0 Å². The molecule has 1 atom stereocenters. The number of methoxy groups -OCH3 is 2. The molecule has 2 N–H and O–H groups in total. The van der Waals surface area contributed by atoms with Crippen molar-refractivity contribution in [2.24, 2.45) is 11.1 Å². The van der Waals surface area contributed by atoms with Crippen LogP contribution in [0.4, 0.5) is 0 Å². The van der Waals surface area contributed by atoms with E-state index < -0.39 is 5.92 Å². The maximum atomic E-state index is 13.7.